The molecule has 0 fully saturated rings. The van der Waals surface area contributed by atoms with Crippen molar-refractivity contribution in [1.29, 1.82) is 0 Å². The van der Waals surface area contributed by atoms with Crippen LogP contribution in [0, 0.1) is 6.92 Å². The Morgan fingerprint density at radius 1 is 1.14 bits per heavy atom. The lowest BCUT2D eigenvalue weighted by Gasteiger charge is -2.00. The van der Waals surface area contributed by atoms with Crippen molar-refractivity contribution >= 4 is 0 Å². The maximum Gasteiger partial charge on any atom is 0.232 e. The van der Waals surface area contributed by atoms with E-state index in [4.69, 9.17) is 13.8 Å². The second-order valence-corrected chi connectivity index (χ2v) is 4.59. The van der Waals surface area contributed by atoms with E-state index in [2.05, 4.69) is 20.3 Å². The highest BCUT2D eigenvalue weighted by molar-refractivity contribution is 5.23. The Bertz CT molecular complexity index is 735. The van der Waals surface area contributed by atoms with Crippen LogP contribution in [0.5, 0.6) is 5.88 Å². The molecule has 0 aromatic carbocycles. The molecule has 0 atom stereocenters. The van der Waals surface area contributed by atoms with Crippen LogP contribution in [-0.2, 0) is 12.8 Å². The molecule has 21 heavy (non-hydrogen) atoms. The molecule has 3 aromatic heterocycles. The molecule has 7 nitrogen and oxygen atoms in total. The van der Waals surface area contributed by atoms with Crippen molar-refractivity contribution in [2.45, 2.75) is 19.8 Å². The lowest BCUT2D eigenvalue weighted by Crippen LogP contribution is -1.94. The van der Waals surface area contributed by atoms with Gasteiger partial charge in [-0.2, -0.15) is 4.98 Å². The highest BCUT2D eigenvalue weighted by atomic mass is 16.5. The second kappa shape index (κ2) is 5.74. The van der Waals surface area contributed by atoms with Crippen LogP contribution in [0.15, 0.2) is 33.4 Å². The van der Waals surface area contributed by atoms with E-state index in [1.54, 1.807) is 13.3 Å². The monoisotopic (exact) mass is 286 g/mol. The van der Waals surface area contributed by atoms with E-state index >= 15 is 0 Å². The summed E-state index contributed by atoms with van der Waals surface area (Å²) in [5, 5.41) is 7.86. The molecule has 3 heterocycles. The van der Waals surface area contributed by atoms with E-state index < -0.39 is 0 Å². The van der Waals surface area contributed by atoms with Gasteiger partial charge in [-0.1, -0.05) is 10.3 Å². The number of aryl methyl sites for hydroxylation is 1. The summed E-state index contributed by atoms with van der Waals surface area (Å²) in [4.78, 5) is 8.40. The number of methoxy groups -OCH3 is 1. The summed E-state index contributed by atoms with van der Waals surface area (Å²) in [5.41, 5.74) is 1.78. The zero-order chi connectivity index (χ0) is 14.7. The van der Waals surface area contributed by atoms with Gasteiger partial charge in [0.05, 0.1) is 19.2 Å². The minimum Gasteiger partial charge on any atom is -0.481 e. The molecule has 0 spiro atoms. The SMILES string of the molecule is COc1cc(Cc2noc(Cc3cc(C)on3)n2)ccn1. The lowest BCUT2D eigenvalue weighted by molar-refractivity contribution is 0.368. The van der Waals surface area contributed by atoms with Gasteiger partial charge in [-0.3, -0.25) is 0 Å². The van der Waals surface area contributed by atoms with Gasteiger partial charge in [-0.15, -0.1) is 0 Å². The summed E-state index contributed by atoms with van der Waals surface area (Å²) in [6, 6.07) is 5.58. The standard InChI is InChI=1S/C14H14N4O3/c1-9-5-11(17-20-9)8-14-16-12(18-21-14)6-10-3-4-15-13(7-10)19-2/h3-5,7H,6,8H2,1-2H3. The van der Waals surface area contributed by atoms with Crippen molar-refractivity contribution in [3.8, 4) is 5.88 Å². The average Bonchev–Trinajstić information content (AvgIpc) is 3.09. The zero-order valence-electron chi connectivity index (χ0n) is 11.7. The number of aromatic nitrogens is 4. The predicted molar refractivity (Wildman–Crippen MR) is 71.9 cm³/mol. The van der Waals surface area contributed by atoms with Gasteiger partial charge in [0.25, 0.3) is 0 Å². The summed E-state index contributed by atoms with van der Waals surface area (Å²) in [6.45, 7) is 1.84. The van der Waals surface area contributed by atoms with Gasteiger partial charge in [-0.05, 0) is 18.6 Å². The van der Waals surface area contributed by atoms with Crippen LogP contribution >= 0.6 is 0 Å². The van der Waals surface area contributed by atoms with Gasteiger partial charge in [0, 0.05) is 24.8 Å². The lowest BCUT2D eigenvalue weighted by atomic mass is 10.2. The Hall–Kier alpha value is -2.70. The maximum atomic E-state index is 5.22. The van der Waals surface area contributed by atoms with E-state index in [9.17, 15) is 0 Å². The number of nitrogens with zero attached hydrogens (tertiary/aromatic N) is 4. The van der Waals surface area contributed by atoms with Crippen molar-refractivity contribution in [3.63, 3.8) is 0 Å². The summed E-state index contributed by atoms with van der Waals surface area (Å²) < 4.78 is 15.3. The molecular weight excluding hydrogens is 272 g/mol. The number of hydrogen-bond acceptors (Lipinski definition) is 7. The fourth-order valence-electron chi connectivity index (χ4n) is 1.94. The largest absolute Gasteiger partial charge is 0.481 e. The molecule has 0 aliphatic carbocycles. The third-order valence-corrected chi connectivity index (χ3v) is 2.89. The highest BCUT2D eigenvalue weighted by Crippen LogP contribution is 2.13. The molecule has 3 aromatic rings. The van der Waals surface area contributed by atoms with Crippen LogP contribution in [0.2, 0.25) is 0 Å². The van der Waals surface area contributed by atoms with Crippen LogP contribution < -0.4 is 4.74 Å². The van der Waals surface area contributed by atoms with E-state index in [0.29, 0.717) is 30.4 Å². The number of rotatable bonds is 5. The highest BCUT2D eigenvalue weighted by Gasteiger charge is 2.11. The minimum absolute atomic E-state index is 0.462. The van der Waals surface area contributed by atoms with Gasteiger partial charge in [-0.25, -0.2) is 4.98 Å². The third kappa shape index (κ3) is 3.25. The Labute approximate surface area is 120 Å². The fraction of sp³-hybridized carbons (Fsp3) is 0.286. The van der Waals surface area contributed by atoms with Gasteiger partial charge in [0.15, 0.2) is 5.82 Å². The molecule has 0 aliphatic rings. The first-order chi connectivity index (χ1) is 10.2. The van der Waals surface area contributed by atoms with Crippen molar-refractivity contribution < 1.29 is 13.8 Å². The Balaban J connectivity index is 1.69. The minimum atomic E-state index is 0.462. The van der Waals surface area contributed by atoms with Crippen LogP contribution in [0.4, 0.5) is 0 Å². The van der Waals surface area contributed by atoms with E-state index in [1.165, 1.54) is 0 Å². The Morgan fingerprint density at radius 2 is 2.05 bits per heavy atom. The van der Waals surface area contributed by atoms with Crippen molar-refractivity contribution in [2.24, 2.45) is 0 Å². The predicted octanol–water partition coefficient (Wildman–Crippen LogP) is 1.95. The van der Waals surface area contributed by atoms with Crippen molar-refractivity contribution in [2.75, 3.05) is 7.11 Å². The van der Waals surface area contributed by atoms with Gasteiger partial charge >= 0.3 is 0 Å². The second-order valence-electron chi connectivity index (χ2n) is 4.59. The maximum absolute atomic E-state index is 5.22. The van der Waals surface area contributed by atoms with Crippen LogP contribution in [0.25, 0.3) is 0 Å². The van der Waals surface area contributed by atoms with Crippen LogP contribution in [-0.4, -0.2) is 27.4 Å². The van der Waals surface area contributed by atoms with Crippen molar-refractivity contribution in [1.82, 2.24) is 20.3 Å². The summed E-state index contributed by atoms with van der Waals surface area (Å²) in [6.07, 6.45) is 2.71. The number of pyridine rings is 1. The van der Waals surface area contributed by atoms with Crippen LogP contribution in [0.1, 0.15) is 28.7 Å². The smallest absolute Gasteiger partial charge is 0.232 e. The Kier molecular flexibility index (Phi) is 3.63. The molecule has 0 radical (unpaired) electrons. The molecule has 0 amide bonds. The van der Waals surface area contributed by atoms with Gasteiger partial charge in [0.2, 0.25) is 11.8 Å². The van der Waals surface area contributed by atoms with E-state index in [0.717, 1.165) is 17.0 Å². The molecule has 0 saturated carbocycles. The number of ether oxygens (including phenoxy) is 1. The average molecular weight is 286 g/mol. The van der Waals surface area contributed by atoms with Crippen LogP contribution in [0.3, 0.4) is 0 Å². The molecular formula is C14H14N4O3. The molecule has 0 aliphatic heterocycles. The first-order valence-corrected chi connectivity index (χ1v) is 6.45. The van der Waals surface area contributed by atoms with E-state index in [1.807, 2.05) is 25.1 Å². The summed E-state index contributed by atoms with van der Waals surface area (Å²) in [5.74, 6) is 2.45. The first-order valence-electron chi connectivity index (χ1n) is 6.45. The normalized spacial score (nSPS) is 10.8. The van der Waals surface area contributed by atoms with Gasteiger partial charge < -0.3 is 13.8 Å². The third-order valence-electron chi connectivity index (χ3n) is 2.89. The summed E-state index contributed by atoms with van der Waals surface area (Å²) in [7, 11) is 1.58. The molecule has 0 saturated heterocycles. The molecule has 0 N–H and O–H groups in total. The van der Waals surface area contributed by atoms with Gasteiger partial charge in [0.1, 0.15) is 5.76 Å². The van der Waals surface area contributed by atoms with E-state index in [-0.39, 0.29) is 0 Å². The molecule has 0 bridgehead atoms. The fourth-order valence-corrected chi connectivity index (χ4v) is 1.94. The molecule has 108 valence electrons. The zero-order valence-corrected chi connectivity index (χ0v) is 11.7. The quantitative estimate of drug-likeness (QED) is 0.708. The summed E-state index contributed by atoms with van der Waals surface area (Å²) >= 11 is 0. The molecule has 0 unspecified atom stereocenters. The topological polar surface area (TPSA) is 87.1 Å². The number of hydrogen-bond donors (Lipinski definition) is 0. The first kappa shape index (κ1) is 13.3. The Morgan fingerprint density at radius 3 is 2.81 bits per heavy atom. The van der Waals surface area contributed by atoms with Crippen molar-refractivity contribution in [3.05, 3.63) is 53.1 Å². The molecule has 3 rings (SSSR count). The molecule has 7 heteroatoms.